The van der Waals surface area contributed by atoms with Crippen LogP contribution < -0.4 is 5.32 Å². The second-order valence-corrected chi connectivity index (χ2v) is 4.13. The topological polar surface area (TPSA) is 56.8 Å². The van der Waals surface area contributed by atoms with Gasteiger partial charge in [0.05, 0.1) is 25.4 Å². The van der Waals surface area contributed by atoms with Crippen molar-refractivity contribution in [1.29, 1.82) is 0 Å². The van der Waals surface area contributed by atoms with Gasteiger partial charge in [0.15, 0.2) is 0 Å². The monoisotopic (exact) mass is 267 g/mol. The Bertz CT molecular complexity index is 378. The molecule has 0 aliphatic rings. The van der Waals surface area contributed by atoms with E-state index in [2.05, 4.69) is 10.1 Å². The standard InChI is InChI=1S/C14H21NO4/c1-17-10-13(18-2)9-15-8-11-4-6-12(7-5-11)14(16)19-3/h4-7,13,15H,8-10H2,1-3H3. The summed E-state index contributed by atoms with van der Waals surface area (Å²) in [5, 5.41) is 3.28. The molecular weight excluding hydrogens is 246 g/mol. The molecule has 5 nitrogen and oxygen atoms in total. The number of nitrogens with one attached hydrogen (secondary N) is 1. The fourth-order valence-corrected chi connectivity index (χ4v) is 1.65. The molecule has 0 heterocycles. The van der Waals surface area contributed by atoms with E-state index in [0.717, 1.165) is 5.56 Å². The summed E-state index contributed by atoms with van der Waals surface area (Å²) in [5.41, 5.74) is 1.65. The van der Waals surface area contributed by atoms with Crippen LogP contribution in [0.3, 0.4) is 0 Å². The third-order valence-electron chi connectivity index (χ3n) is 2.76. The van der Waals surface area contributed by atoms with Gasteiger partial charge < -0.3 is 19.5 Å². The molecule has 1 aromatic carbocycles. The fourth-order valence-electron chi connectivity index (χ4n) is 1.65. The van der Waals surface area contributed by atoms with Crippen LogP contribution in [0.4, 0.5) is 0 Å². The zero-order valence-corrected chi connectivity index (χ0v) is 11.6. The van der Waals surface area contributed by atoms with Crippen LogP contribution in [0.15, 0.2) is 24.3 Å². The molecule has 1 N–H and O–H groups in total. The molecule has 0 bridgehead atoms. The van der Waals surface area contributed by atoms with Gasteiger partial charge in [-0.05, 0) is 17.7 Å². The van der Waals surface area contributed by atoms with Gasteiger partial charge in [-0.1, -0.05) is 12.1 Å². The minimum atomic E-state index is -0.320. The SMILES string of the molecule is COCC(CNCc1ccc(C(=O)OC)cc1)OC. The highest BCUT2D eigenvalue weighted by atomic mass is 16.5. The van der Waals surface area contributed by atoms with E-state index in [4.69, 9.17) is 9.47 Å². The molecule has 0 radical (unpaired) electrons. The minimum absolute atomic E-state index is 0.0411. The van der Waals surface area contributed by atoms with Crippen molar-refractivity contribution in [3.05, 3.63) is 35.4 Å². The van der Waals surface area contributed by atoms with E-state index in [-0.39, 0.29) is 12.1 Å². The predicted octanol–water partition coefficient (Wildman–Crippen LogP) is 1.22. The molecule has 0 amide bonds. The second-order valence-electron chi connectivity index (χ2n) is 4.13. The number of hydrogen-bond acceptors (Lipinski definition) is 5. The van der Waals surface area contributed by atoms with E-state index in [1.54, 1.807) is 26.4 Å². The number of methoxy groups -OCH3 is 3. The average Bonchev–Trinajstić information content (AvgIpc) is 2.46. The first-order valence-corrected chi connectivity index (χ1v) is 6.11. The van der Waals surface area contributed by atoms with Gasteiger partial charge in [-0.25, -0.2) is 4.79 Å². The molecule has 1 aromatic rings. The Morgan fingerprint density at radius 2 is 1.89 bits per heavy atom. The van der Waals surface area contributed by atoms with Crippen LogP contribution in [0.5, 0.6) is 0 Å². The maximum atomic E-state index is 11.3. The molecule has 5 heteroatoms. The van der Waals surface area contributed by atoms with Crippen molar-refractivity contribution < 1.29 is 19.0 Å². The zero-order valence-electron chi connectivity index (χ0n) is 11.6. The Kier molecular flexibility index (Phi) is 7.10. The van der Waals surface area contributed by atoms with Crippen LogP contribution >= 0.6 is 0 Å². The third kappa shape index (κ3) is 5.38. The normalized spacial score (nSPS) is 12.2. The van der Waals surface area contributed by atoms with Crippen molar-refractivity contribution in [3.8, 4) is 0 Å². The zero-order chi connectivity index (χ0) is 14.1. The lowest BCUT2D eigenvalue weighted by molar-refractivity contribution is 0.0288. The number of rotatable bonds is 8. The highest BCUT2D eigenvalue weighted by Gasteiger charge is 2.07. The number of esters is 1. The molecule has 0 spiro atoms. The maximum absolute atomic E-state index is 11.3. The molecule has 1 rings (SSSR count). The van der Waals surface area contributed by atoms with E-state index in [1.807, 2.05) is 12.1 Å². The first-order chi connectivity index (χ1) is 9.21. The summed E-state index contributed by atoms with van der Waals surface area (Å²) in [6.45, 7) is 1.99. The van der Waals surface area contributed by atoms with Crippen molar-refractivity contribution in [1.82, 2.24) is 5.32 Å². The fraction of sp³-hybridized carbons (Fsp3) is 0.500. The number of carbonyl (C=O) groups is 1. The van der Waals surface area contributed by atoms with E-state index in [1.165, 1.54) is 7.11 Å². The van der Waals surface area contributed by atoms with Gasteiger partial charge in [0.25, 0.3) is 0 Å². The van der Waals surface area contributed by atoms with Gasteiger partial charge in [-0.2, -0.15) is 0 Å². The Hall–Kier alpha value is -1.43. The largest absolute Gasteiger partial charge is 0.465 e. The van der Waals surface area contributed by atoms with Crippen molar-refractivity contribution in [2.45, 2.75) is 12.6 Å². The van der Waals surface area contributed by atoms with Crippen molar-refractivity contribution >= 4 is 5.97 Å². The van der Waals surface area contributed by atoms with Gasteiger partial charge >= 0.3 is 5.97 Å². The molecule has 19 heavy (non-hydrogen) atoms. The lowest BCUT2D eigenvalue weighted by atomic mass is 10.1. The lowest BCUT2D eigenvalue weighted by Crippen LogP contribution is -2.31. The van der Waals surface area contributed by atoms with Crippen LogP contribution in [-0.2, 0) is 20.8 Å². The molecule has 1 unspecified atom stereocenters. The Morgan fingerprint density at radius 3 is 2.42 bits per heavy atom. The Labute approximate surface area is 113 Å². The Balaban J connectivity index is 2.39. The van der Waals surface area contributed by atoms with Crippen molar-refractivity contribution in [3.63, 3.8) is 0 Å². The first-order valence-electron chi connectivity index (χ1n) is 6.11. The smallest absolute Gasteiger partial charge is 0.337 e. The molecule has 0 saturated heterocycles. The van der Waals surface area contributed by atoms with E-state index in [0.29, 0.717) is 25.3 Å². The average molecular weight is 267 g/mol. The van der Waals surface area contributed by atoms with Gasteiger partial charge in [0.1, 0.15) is 0 Å². The van der Waals surface area contributed by atoms with Crippen LogP contribution in [0.25, 0.3) is 0 Å². The minimum Gasteiger partial charge on any atom is -0.465 e. The summed E-state index contributed by atoms with van der Waals surface area (Å²) < 4.78 is 14.9. The van der Waals surface area contributed by atoms with Crippen LogP contribution in [0, 0.1) is 0 Å². The Morgan fingerprint density at radius 1 is 1.21 bits per heavy atom. The summed E-state index contributed by atoms with van der Waals surface area (Å²) in [4.78, 5) is 11.3. The number of ether oxygens (including phenoxy) is 3. The maximum Gasteiger partial charge on any atom is 0.337 e. The summed E-state index contributed by atoms with van der Waals surface area (Å²) >= 11 is 0. The summed E-state index contributed by atoms with van der Waals surface area (Å²) in [6, 6.07) is 7.31. The quantitative estimate of drug-likeness (QED) is 0.718. The predicted molar refractivity (Wildman–Crippen MR) is 72.2 cm³/mol. The molecule has 0 saturated carbocycles. The van der Waals surface area contributed by atoms with Crippen molar-refractivity contribution in [2.75, 3.05) is 34.5 Å². The van der Waals surface area contributed by atoms with E-state index >= 15 is 0 Å². The summed E-state index contributed by atoms with van der Waals surface area (Å²) in [7, 11) is 4.69. The van der Waals surface area contributed by atoms with Gasteiger partial charge in [0.2, 0.25) is 0 Å². The summed E-state index contributed by atoms with van der Waals surface area (Å²) in [6.07, 6.45) is 0.0411. The third-order valence-corrected chi connectivity index (χ3v) is 2.76. The number of hydrogen-bond donors (Lipinski definition) is 1. The molecule has 0 aromatic heterocycles. The molecule has 1 atom stereocenters. The lowest BCUT2D eigenvalue weighted by Gasteiger charge is -2.15. The number of benzene rings is 1. The van der Waals surface area contributed by atoms with Crippen LogP contribution in [0.2, 0.25) is 0 Å². The highest BCUT2D eigenvalue weighted by molar-refractivity contribution is 5.89. The second kappa shape index (κ2) is 8.63. The molecule has 0 aliphatic carbocycles. The van der Waals surface area contributed by atoms with E-state index in [9.17, 15) is 4.79 Å². The highest BCUT2D eigenvalue weighted by Crippen LogP contribution is 2.05. The van der Waals surface area contributed by atoms with Gasteiger partial charge in [-0.3, -0.25) is 0 Å². The molecule has 106 valence electrons. The first kappa shape index (κ1) is 15.6. The van der Waals surface area contributed by atoms with Gasteiger partial charge in [0, 0.05) is 27.3 Å². The van der Waals surface area contributed by atoms with Crippen LogP contribution in [0.1, 0.15) is 15.9 Å². The number of carbonyl (C=O) groups excluding carboxylic acids is 1. The van der Waals surface area contributed by atoms with Crippen LogP contribution in [-0.4, -0.2) is 46.6 Å². The van der Waals surface area contributed by atoms with Crippen molar-refractivity contribution in [2.24, 2.45) is 0 Å². The summed E-state index contributed by atoms with van der Waals surface area (Å²) in [5.74, 6) is -0.320. The molecule has 0 aliphatic heterocycles. The molecule has 0 fully saturated rings. The van der Waals surface area contributed by atoms with E-state index < -0.39 is 0 Å². The van der Waals surface area contributed by atoms with Gasteiger partial charge in [-0.15, -0.1) is 0 Å². The molecular formula is C14H21NO4.